The average molecular weight is 238 g/mol. The number of Topliss-reactive ketones (excluding diaryl/α,β-unsaturated/α-hetero) is 1. The first-order valence-electron chi connectivity index (χ1n) is 6.97. The molecule has 0 aromatic rings. The van der Waals surface area contributed by atoms with Crippen molar-refractivity contribution in [2.75, 3.05) is 0 Å². The van der Waals surface area contributed by atoms with Crippen LogP contribution >= 0.6 is 12.6 Å². The molecule has 3 fully saturated rings. The van der Waals surface area contributed by atoms with Gasteiger partial charge in [-0.3, -0.25) is 4.79 Å². The molecule has 0 N–H and O–H groups in total. The first kappa shape index (κ1) is 11.1. The molecule has 4 atom stereocenters. The Labute approximate surface area is 104 Å². The molecule has 0 amide bonds. The standard InChI is InChI=1S/C14H22OS/c15-14(9-3-1-4-9)11-7-10-5-2-6-12(10)13(16)8-11/h9-13,16H,1-8H2. The Kier molecular flexibility index (Phi) is 3.03. The third-order valence-electron chi connectivity index (χ3n) is 5.24. The van der Waals surface area contributed by atoms with Crippen molar-refractivity contribution in [1.82, 2.24) is 0 Å². The Morgan fingerprint density at radius 3 is 2.38 bits per heavy atom. The minimum atomic E-state index is 0.368. The van der Waals surface area contributed by atoms with E-state index in [0.717, 1.165) is 18.3 Å². The van der Waals surface area contributed by atoms with E-state index < -0.39 is 0 Å². The summed E-state index contributed by atoms with van der Waals surface area (Å²) in [6.07, 6.45) is 9.97. The molecule has 3 rings (SSSR count). The summed E-state index contributed by atoms with van der Waals surface area (Å²) in [5.74, 6) is 3.05. The van der Waals surface area contributed by atoms with Crippen molar-refractivity contribution in [2.45, 2.75) is 56.6 Å². The fraction of sp³-hybridized carbons (Fsp3) is 0.929. The summed E-state index contributed by atoms with van der Waals surface area (Å²) in [5, 5.41) is 0.510. The molecule has 0 saturated heterocycles. The van der Waals surface area contributed by atoms with E-state index in [2.05, 4.69) is 0 Å². The highest BCUT2D eigenvalue weighted by Crippen LogP contribution is 2.47. The van der Waals surface area contributed by atoms with Gasteiger partial charge in [-0.05, 0) is 43.9 Å². The quantitative estimate of drug-likeness (QED) is 0.729. The fourth-order valence-corrected chi connectivity index (χ4v) is 4.70. The Bertz CT molecular complexity index is 284. The summed E-state index contributed by atoms with van der Waals surface area (Å²) in [6, 6.07) is 0. The lowest BCUT2D eigenvalue weighted by Crippen LogP contribution is -2.37. The molecule has 0 bridgehead atoms. The van der Waals surface area contributed by atoms with Crippen molar-refractivity contribution in [2.24, 2.45) is 23.7 Å². The molecule has 0 aromatic carbocycles. The second kappa shape index (κ2) is 4.36. The van der Waals surface area contributed by atoms with Crippen molar-refractivity contribution in [3.8, 4) is 0 Å². The van der Waals surface area contributed by atoms with Gasteiger partial charge in [-0.25, -0.2) is 0 Å². The van der Waals surface area contributed by atoms with E-state index in [1.54, 1.807) is 0 Å². The van der Waals surface area contributed by atoms with Crippen molar-refractivity contribution in [3.05, 3.63) is 0 Å². The molecule has 90 valence electrons. The third kappa shape index (κ3) is 1.83. The van der Waals surface area contributed by atoms with Crippen LogP contribution in [0.4, 0.5) is 0 Å². The van der Waals surface area contributed by atoms with E-state index in [4.69, 9.17) is 12.6 Å². The normalized spacial score (nSPS) is 43.8. The molecule has 0 radical (unpaired) electrons. The summed E-state index contributed by atoms with van der Waals surface area (Å²) >= 11 is 4.75. The van der Waals surface area contributed by atoms with Gasteiger partial charge in [-0.2, -0.15) is 12.6 Å². The minimum Gasteiger partial charge on any atom is -0.299 e. The lowest BCUT2D eigenvalue weighted by atomic mass is 9.69. The predicted molar refractivity (Wildman–Crippen MR) is 68.7 cm³/mol. The first-order chi connectivity index (χ1) is 7.75. The first-order valence-corrected chi connectivity index (χ1v) is 7.49. The SMILES string of the molecule is O=C(C1CCC1)C1CC(S)C2CCCC2C1. The molecule has 3 saturated carbocycles. The van der Waals surface area contributed by atoms with E-state index >= 15 is 0 Å². The highest BCUT2D eigenvalue weighted by Gasteiger charge is 2.42. The third-order valence-corrected chi connectivity index (χ3v) is 5.83. The van der Waals surface area contributed by atoms with E-state index in [9.17, 15) is 4.79 Å². The van der Waals surface area contributed by atoms with Crippen LogP contribution in [0.25, 0.3) is 0 Å². The zero-order chi connectivity index (χ0) is 11.1. The monoisotopic (exact) mass is 238 g/mol. The molecule has 0 spiro atoms. The van der Waals surface area contributed by atoms with Crippen LogP contribution < -0.4 is 0 Å². The molecule has 4 unspecified atom stereocenters. The second-order valence-corrected chi connectivity index (χ2v) is 6.78. The van der Waals surface area contributed by atoms with Gasteiger partial charge < -0.3 is 0 Å². The van der Waals surface area contributed by atoms with Gasteiger partial charge in [0.1, 0.15) is 5.78 Å². The van der Waals surface area contributed by atoms with Gasteiger partial charge in [-0.15, -0.1) is 0 Å². The van der Waals surface area contributed by atoms with E-state index in [-0.39, 0.29) is 0 Å². The van der Waals surface area contributed by atoms with Gasteiger partial charge in [0.05, 0.1) is 0 Å². The molecular formula is C14H22OS. The maximum absolute atomic E-state index is 12.3. The fourth-order valence-electron chi connectivity index (χ4n) is 4.05. The summed E-state index contributed by atoms with van der Waals surface area (Å²) in [4.78, 5) is 12.3. The number of carbonyl (C=O) groups excluding carboxylic acids is 1. The van der Waals surface area contributed by atoms with Gasteiger partial charge in [0.2, 0.25) is 0 Å². The zero-order valence-electron chi connectivity index (χ0n) is 9.90. The lowest BCUT2D eigenvalue weighted by Gasteiger charge is -2.38. The maximum atomic E-state index is 12.3. The molecule has 0 heterocycles. The number of hydrogen-bond donors (Lipinski definition) is 1. The average Bonchev–Trinajstić information content (AvgIpc) is 2.63. The van der Waals surface area contributed by atoms with E-state index in [1.165, 1.54) is 44.9 Å². The van der Waals surface area contributed by atoms with Gasteiger partial charge in [0.15, 0.2) is 0 Å². The highest BCUT2D eigenvalue weighted by atomic mass is 32.1. The summed E-state index contributed by atoms with van der Waals surface area (Å²) in [5.41, 5.74) is 0. The molecule has 1 nitrogen and oxygen atoms in total. The molecule has 0 aliphatic heterocycles. The molecular weight excluding hydrogens is 216 g/mol. The number of thiol groups is 1. The minimum absolute atomic E-state index is 0.368. The lowest BCUT2D eigenvalue weighted by molar-refractivity contribution is -0.131. The topological polar surface area (TPSA) is 17.1 Å². The van der Waals surface area contributed by atoms with Crippen molar-refractivity contribution >= 4 is 18.4 Å². The summed E-state index contributed by atoms with van der Waals surface area (Å²) in [7, 11) is 0. The Hall–Kier alpha value is 0.0200. The smallest absolute Gasteiger partial charge is 0.139 e. The number of ketones is 1. The Morgan fingerprint density at radius 2 is 1.69 bits per heavy atom. The van der Waals surface area contributed by atoms with Crippen LogP contribution in [0.5, 0.6) is 0 Å². The highest BCUT2D eigenvalue weighted by molar-refractivity contribution is 7.81. The van der Waals surface area contributed by atoms with E-state index in [1.807, 2.05) is 0 Å². The summed E-state index contributed by atoms with van der Waals surface area (Å²) < 4.78 is 0. The van der Waals surface area contributed by atoms with Crippen LogP contribution in [0.2, 0.25) is 0 Å². The van der Waals surface area contributed by atoms with Gasteiger partial charge >= 0.3 is 0 Å². The Balaban J connectivity index is 1.66. The Morgan fingerprint density at radius 1 is 0.938 bits per heavy atom. The largest absolute Gasteiger partial charge is 0.299 e. The van der Waals surface area contributed by atoms with Gasteiger partial charge in [0, 0.05) is 17.1 Å². The predicted octanol–water partition coefficient (Wildman–Crippen LogP) is 3.48. The zero-order valence-corrected chi connectivity index (χ0v) is 10.8. The van der Waals surface area contributed by atoms with Crippen molar-refractivity contribution in [3.63, 3.8) is 0 Å². The molecule has 16 heavy (non-hydrogen) atoms. The van der Waals surface area contributed by atoms with Crippen LogP contribution in [0.3, 0.4) is 0 Å². The molecule has 2 heteroatoms. The molecule has 3 aliphatic carbocycles. The molecule has 0 aromatic heterocycles. The van der Waals surface area contributed by atoms with Crippen LogP contribution in [-0.2, 0) is 4.79 Å². The van der Waals surface area contributed by atoms with E-state index in [0.29, 0.717) is 22.9 Å². The number of carbonyl (C=O) groups is 1. The number of fused-ring (bicyclic) bond motifs is 1. The second-order valence-electron chi connectivity index (χ2n) is 6.12. The maximum Gasteiger partial charge on any atom is 0.139 e. The number of rotatable bonds is 2. The van der Waals surface area contributed by atoms with Crippen molar-refractivity contribution in [1.29, 1.82) is 0 Å². The van der Waals surface area contributed by atoms with Gasteiger partial charge in [0.25, 0.3) is 0 Å². The summed E-state index contributed by atoms with van der Waals surface area (Å²) in [6.45, 7) is 0. The van der Waals surface area contributed by atoms with Crippen LogP contribution in [0.15, 0.2) is 0 Å². The van der Waals surface area contributed by atoms with Crippen LogP contribution in [-0.4, -0.2) is 11.0 Å². The van der Waals surface area contributed by atoms with Gasteiger partial charge in [-0.1, -0.05) is 19.3 Å². The van der Waals surface area contributed by atoms with Crippen molar-refractivity contribution < 1.29 is 4.79 Å². The number of hydrogen-bond acceptors (Lipinski definition) is 2. The van der Waals surface area contributed by atoms with Crippen LogP contribution in [0.1, 0.15) is 51.4 Å². The van der Waals surface area contributed by atoms with Crippen LogP contribution in [0, 0.1) is 23.7 Å². The molecule has 3 aliphatic rings.